The van der Waals surface area contributed by atoms with Crippen molar-refractivity contribution < 1.29 is 13.2 Å². The van der Waals surface area contributed by atoms with E-state index < -0.39 is 15.9 Å². The summed E-state index contributed by atoms with van der Waals surface area (Å²) in [6.45, 7) is 0.325. The van der Waals surface area contributed by atoms with Gasteiger partial charge in [0.05, 0.1) is 29.2 Å². The van der Waals surface area contributed by atoms with Crippen LogP contribution in [0, 0.1) is 0 Å². The molecule has 0 aliphatic heterocycles. The van der Waals surface area contributed by atoms with Gasteiger partial charge in [0.2, 0.25) is 10.0 Å². The minimum atomic E-state index is -3.79. The highest BCUT2D eigenvalue weighted by Gasteiger charge is 2.18. The fourth-order valence-electron chi connectivity index (χ4n) is 3.60. The molecule has 0 spiro atoms. The van der Waals surface area contributed by atoms with Crippen LogP contribution in [0.5, 0.6) is 0 Å². The third-order valence-electron chi connectivity index (χ3n) is 5.15. The van der Waals surface area contributed by atoms with Gasteiger partial charge in [-0.3, -0.25) is 24.2 Å². The largest absolute Gasteiger partial charge is 0.350 e. The topological polar surface area (TPSA) is 149 Å². The molecule has 0 aliphatic carbocycles. The molecular weight excluding hydrogens is 470 g/mol. The molecule has 0 unspecified atom stereocenters. The molecule has 178 valence electrons. The molecule has 0 atom stereocenters. The summed E-state index contributed by atoms with van der Waals surface area (Å²) < 4.78 is 30.8. The van der Waals surface area contributed by atoms with Gasteiger partial charge in [0.1, 0.15) is 11.5 Å². The predicted molar refractivity (Wildman–Crippen MR) is 128 cm³/mol. The standard InChI is InChI=1S/C22H21N9O3S/c1-30-13-15(12-26-30)14-35(33,34)29-21-11-19(28-20-7-10-25-31(20)21)22(32)24-9-6-16-4-5-17-18(27-16)3-2-8-23-17/h2-5,7-8,10-13,29H,6,9,14H2,1H3,(H,24,32). The lowest BCUT2D eigenvalue weighted by Crippen LogP contribution is -2.27. The number of carbonyl (C=O) groups is 1. The Morgan fingerprint density at radius 2 is 1.94 bits per heavy atom. The normalized spacial score (nSPS) is 11.7. The quantitative estimate of drug-likeness (QED) is 0.330. The fourth-order valence-corrected chi connectivity index (χ4v) is 4.72. The van der Waals surface area contributed by atoms with Crippen molar-refractivity contribution in [1.29, 1.82) is 0 Å². The Morgan fingerprint density at radius 3 is 2.77 bits per heavy atom. The summed E-state index contributed by atoms with van der Waals surface area (Å²) in [5.41, 5.74) is 3.33. The minimum absolute atomic E-state index is 0.0627. The first kappa shape index (κ1) is 22.4. The number of anilines is 1. The highest BCUT2D eigenvalue weighted by molar-refractivity contribution is 7.91. The van der Waals surface area contributed by atoms with E-state index in [1.54, 1.807) is 25.5 Å². The van der Waals surface area contributed by atoms with Gasteiger partial charge < -0.3 is 5.32 Å². The molecule has 0 fully saturated rings. The third-order valence-corrected chi connectivity index (χ3v) is 6.38. The Balaban J connectivity index is 1.30. The van der Waals surface area contributed by atoms with Crippen LogP contribution < -0.4 is 10.0 Å². The van der Waals surface area contributed by atoms with E-state index >= 15 is 0 Å². The molecule has 13 heteroatoms. The highest BCUT2D eigenvalue weighted by Crippen LogP contribution is 2.16. The molecule has 5 heterocycles. The van der Waals surface area contributed by atoms with Crippen molar-refractivity contribution in [3.8, 4) is 0 Å². The number of pyridine rings is 2. The van der Waals surface area contributed by atoms with Crippen LogP contribution in [-0.4, -0.2) is 55.2 Å². The molecule has 35 heavy (non-hydrogen) atoms. The Bertz CT molecular complexity index is 1640. The molecule has 5 rings (SSSR count). The van der Waals surface area contributed by atoms with Crippen LogP contribution >= 0.6 is 0 Å². The van der Waals surface area contributed by atoms with Gasteiger partial charge in [-0.25, -0.2) is 13.4 Å². The lowest BCUT2D eigenvalue weighted by molar-refractivity contribution is 0.0949. The van der Waals surface area contributed by atoms with Crippen LogP contribution in [0.4, 0.5) is 5.82 Å². The maximum absolute atomic E-state index is 12.8. The number of sulfonamides is 1. The number of rotatable bonds is 8. The SMILES string of the molecule is Cn1cc(CS(=O)(=O)Nc2cc(C(=O)NCCc3ccc4ncccc4n3)nc3ccnn23)cn1. The van der Waals surface area contributed by atoms with E-state index in [0.29, 0.717) is 24.2 Å². The molecule has 0 saturated carbocycles. The number of carbonyl (C=O) groups excluding carboxylic acids is 1. The molecule has 5 aromatic heterocycles. The second-order valence-electron chi connectivity index (χ2n) is 7.86. The summed E-state index contributed by atoms with van der Waals surface area (Å²) in [6, 6.07) is 10.4. The van der Waals surface area contributed by atoms with E-state index in [4.69, 9.17) is 0 Å². The first-order chi connectivity index (χ1) is 16.9. The average molecular weight is 492 g/mol. The molecule has 0 aliphatic rings. The van der Waals surface area contributed by atoms with Gasteiger partial charge in [-0.05, 0) is 24.3 Å². The van der Waals surface area contributed by atoms with Crippen LogP contribution in [0.25, 0.3) is 16.7 Å². The minimum Gasteiger partial charge on any atom is -0.350 e. The molecule has 0 bridgehead atoms. The maximum Gasteiger partial charge on any atom is 0.270 e. The maximum atomic E-state index is 12.8. The zero-order valence-corrected chi connectivity index (χ0v) is 19.5. The molecule has 1 amide bonds. The molecule has 0 aromatic carbocycles. The van der Waals surface area contributed by atoms with Crippen molar-refractivity contribution in [3.63, 3.8) is 0 Å². The predicted octanol–water partition coefficient (Wildman–Crippen LogP) is 1.32. The molecule has 5 aromatic rings. The number of amides is 1. The molecule has 12 nitrogen and oxygen atoms in total. The first-order valence-electron chi connectivity index (χ1n) is 10.7. The van der Waals surface area contributed by atoms with Crippen molar-refractivity contribution in [3.05, 3.63) is 78.1 Å². The fraction of sp³-hybridized carbons (Fsp3) is 0.182. The van der Waals surface area contributed by atoms with Crippen molar-refractivity contribution in [2.45, 2.75) is 12.2 Å². The second kappa shape index (κ2) is 9.10. The number of nitrogens with zero attached hydrogens (tertiary/aromatic N) is 7. The Kier molecular flexibility index (Phi) is 5.82. The zero-order valence-electron chi connectivity index (χ0n) is 18.7. The highest BCUT2D eigenvalue weighted by atomic mass is 32.2. The van der Waals surface area contributed by atoms with Gasteiger partial charge >= 0.3 is 0 Å². The van der Waals surface area contributed by atoms with Gasteiger partial charge in [-0.2, -0.15) is 14.7 Å². The number of fused-ring (bicyclic) bond motifs is 2. The molecule has 0 saturated heterocycles. The van der Waals surface area contributed by atoms with Crippen molar-refractivity contribution >= 4 is 38.4 Å². The lowest BCUT2D eigenvalue weighted by Gasteiger charge is -2.11. The average Bonchev–Trinajstić information content (AvgIpc) is 3.47. The van der Waals surface area contributed by atoms with E-state index in [-0.39, 0.29) is 17.3 Å². The van der Waals surface area contributed by atoms with Gasteiger partial charge in [0.25, 0.3) is 5.91 Å². The van der Waals surface area contributed by atoms with E-state index in [1.807, 2.05) is 24.3 Å². The number of aromatic nitrogens is 7. The van der Waals surface area contributed by atoms with Crippen LogP contribution in [0.3, 0.4) is 0 Å². The zero-order chi connectivity index (χ0) is 24.4. The van der Waals surface area contributed by atoms with E-state index in [1.165, 1.54) is 27.7 Å². The summed E-state index contributed by atoms with van der Waals surface area (Å²) in [7, 11) is -2.09. The third kappa shape index (κ3) is 5.09. The van der Waals surface area contributed by atoms with Crippen molar-refractivity contribution in [2.24, 2.45) is 7.05 Å². The summed E-state index contributed by atoms with van der Waals surface area (Å²) in [4.78, 5) is 25.9. The number of aryl methyl sites for hydroxylation is 1. The summed E-state index contributed by atoms with van der Waals surface area (Å²) in [5.74, 6) is -0.608. The Hall–Kier alpha value is -4.39. The Labute approximate surface area is 200 Å². The molecule has 0 radical (unpaired) electrons. The van der Waals surface area contributed by atoms with E-state index in [0.717, 1.165) is 16.7 Å². The second-order valence-corrected chi connectivity index (χ2v) is 9.58. The smallest absolute Gasteiger partial charge is 0.270 e. The van der Waals surface area contributed by atoms with E-state index in [9.17, 15) is 13.2 Å². The van der Waals surface area contributed by atoms with Crippen molar-refractivity contribution in [2.75, 3.05) is 11.3 Å². The van der Waals surface area contributed by atoms with Crippen LogP contribution in [-0.2, 0) is 29.2 Å². The number of hydrogen-bond acceptors (Lipinski definition) is 8. The van der Waals surface area contributed by atoms with Crippen LogP contribution in [0.15, 0.2) is 61.2 Å². The van der Waals surface area contributed by atoms with Gasteiger partial charge in [0.15, 0.2) is 5.65 Å². The van der Waals surface area contributed by atoms with Gasteiger partial charge in [-0.1, -0.05) is 0 Å². The van der Waals surface area contributed by atoms with Crippen molar-refractivity contribution in [1.82, 2.24) is 39.7 Å². The Morgan fingerprint density at radius 1 is 1.06 bits per heavy atom. The van der Waals surface area contributed by atoms with Gasteiger partial charge in [0, 0.05) is 55.8 Å². The first-order valence-corrected chi connectivity index (χ1v) is 12.3. The monoisotopic (exact) mass is 491 g/mol. The molecular formula is C22H21N9O3S. The number of hydrogen-bond donors (Lipinski definition) is 2. The van der Waals surface area contributed by atoms with Crippen LogP contribution in [0.2, 0.25) is 0 Å². The van der Waals surface area contributed by atoms with Gasteiger partial charge in [-0.15, -0.1) is 0 Å². The number of nitrogens with one attached hydrogen (secondary N) is 2. The summed E-state index contributed by atoms with van der Waals surface area (Å²) >= 11 is 0. The molecule has 2 N–H and O–H groups in total. The van der Waals surface area contributed by atoms with Crippen LogP contribution in [0.1, 0.15) is 21.7 Å². The summed E-state index contributed by atoms with van der Waals surface area (Å²) in [6.07, 6.45) is 6.80. The summed E-state index contributed by atoms with van der Waals surface area (Å²) in [5, 5.41) is 10.9. The lowest BCUT2D eigenvalue weighted by atomic mass is 10.2. The van der Waals surface area contributed by atoms with E-state index in [2.05, 4.69) is 35.2 Å².